The highest BCUT2D eigenvalue weighted by molar-refractivity contribution is 5.78. The summed E-state index contributed by atoms with van der Waals surface area (Å²) in [6.07, 6.45) is 0. The smallest absolute Gasteiger partial charge is 0.312 e. The van der Waals surface area contributed by atoms with E-state index in [1.807, 2.05) is 60.7 Å². The summed E-state index contributed by atoms with van der Waals surface area (Å²) in [6, 6.07) is 24.7. The maximum Gasteiger partial charge on any atom is 0.312 e. The number of nitrogens with two attached hydrogens (primary N) is 1. The SMILES string of the molecule is NCC(C(=O)O)c1cccc(OCc2ccccc2)c1OCc1ccccc1. The highest BCUT2D eigenvalue weighted by Crippen LogP contribution is 2.37. The number of aliphatic carboxylic acids is 1. The van der Waals surface area contributed by atoms with E-state index in [-0.39, 0.29) is 6.54 Å². The molecule has 3 aromatic carbocycles. The van der Waals surface area contributed by atoms with Gasteiger partial charge in [0.1, 0.15) is 13.2 Å². The van der Waals surface area contributed by atoms with Gasteiger partial charge in [0.25, 0.3) is 0 Å². The first-order valence-corrected chi connectivity index (χ1v) is 9.08. The zero-order chi connectivity index (χ0) is 19.8. The Bertz CT molecular complexity index is 897. The minimum absolute atomic E-state index is 0.0286. The first kappa shape index (κ1) is 19.5. The van der Waals surface area contributed by atoms with Crippen molar-refractivity contribution in [1.82, 2.24) is 0 Å². The van der Waals surface area contributed by atoms with Crippen LogP contribution in [0.2, 0.25) is 0 Å². The molecule has 1 unspecified atom stereocenters. The fourth-order valence-electron chi connectivity index (χ4n) is 2.90. The predicted molar refractivity (Wildman–Crippen MR) is 107 cm³/mol. The number of hydrogen-bond donors (Lipinski definition) is 2. The van der Waals surface area contributed by atoms with E-state index >= 15 is 0 Å². The van der Waals surface area contributed by atoms with Crippen LogP contribution in [0.3, 0.4) is 0 Å². The molecule has 0 heterocycles. The summed E-state index contributed by atoms with van der Waals surface area (Å²) < 4.78 is 12.0. The largest absolute Gasteiger partial charge is 0.485 e. The average Bonchev–Trinajstić information content (AvgIpc) is 2.73. The molecule has 0 aromatic heterocycles. The third kappa shape index (κ3) is 4.90. The molecule has 144 valence electrons. The van der Waals surface area contributed by atoms with Crippen molar-refractivity contribution in [2.45, 2.75) is 19.1 Å². The van der Waals surface area contributed by atoms with Gasteiger partial charge in [-0.3, -0.25) is 4.79 Å². The van der Waals surface area contributed by atoms with E-state index in [9.17, 15) is 9.90 Å². The number of benzene rings is 3. The van der Waals surface area contributed by atoms with Gasteiger partial charge < -0.3 is 20.3 Å². The molecule has 0 amide bonds. The van der Waals surface area contributed by atoms with Crippen molar-refractivity contribution < 1.29 is 19.4 Å². The van der Waals surface area contributed by atoms with Crippen molar-refractivity contribution in [3.63, 3.8) is 0 Å². The molecule has 3 aromatic rings. The van der Waals surface area contributed by atoms with Gasteiger partial charge in [0.15, 0.2) is 11.5 Å². The van der Waals surface area contributed by atoms with Crippen LogP contribution in [0.5, 0.6) is 11.5 Å². The number of carboxylic acids is 1. The van der Waals surface area contributed by atoms with Gasteiger partial charge in [0.2, 0.25) is 0 Å². The molecule has 0 aliphatic carbocycles. The molecular weight excluding hydrogens is 354 g/mol. The standard InChI is InChI=1S/C23H23NO4/c24-14-20(23(25)26)19-12-7-13-21(27-15-17-8-3-1-4-9-17)22(19)28-16-18-10-5-2-6-11-18/h1-13,20H,14-16,24H2,(H,25,26). The molecule has 0 fully saturated rings. The normalized spacial score (nSPS) is 11.6. The van der Waals surface area contributed by atoms with Gasteiger partial charge in [-0.1, -0.05) is 72.8 Å². The Hall–Kier alpha value is -3.31. The Labute approximate surface area is 164 Å². The number of ether oxygens (including phenoxy) is 2. The third-order valence-corrected chi connectivity index (χ3v) is 4.38. The van der Waals surface area contributed by atoms with Crippen LogP contribution in [0.4, 0.5) is 0 Å². The average molecular weight is 377 g/mol. The Balaban J connectivity index is 1.89. The first-order valence-electron chi connectivity index (χ1n) is 9.08. The molecule has 3 N–H and O–H groups in total. The Morgan fingerprint density at radius 2 is 1.39 bits per heavy atom. The summed E-state index contributed by atoms with van der Waals surface area (Å²) in [4.78, 5) is 11.7. The highest BCUT2D eigenvalue weighted by atomic mass is 16.5. The van der Waals surface area contributed by atoms with Crippen LogP contribution in [-0.4, -0.2) is 17.6 Å². The van der Waals surface area contributed by atoms with Gasteiger partial charge in [-0.2, -0.15) is 0 Å². The summed E-state index contributed by atoms with van der Waals surface area (Å²) in [5.41, 5.74) is 8.22. The first-order chi connectivity index (χ1) is 13.7. The third-order valence-electron chi connectivity index (χ3n) is 4.38. The van der Waals surface area contributed by atoms with Crippen LogP contribution in [0.25, 0.3) is 0 Å². The second-order valence-electron chi connectivity index (χ2n) is 6.35. The van der Waals surface area contributed by atoms with E-state index in [1.54, 1.807) is 18.2 Å². The molecule has 1 atom stereocenters. The number of carbonyl (C=O) groups is 1. The fraction of sp³-hybridized carbons (Fsp3) is 0.174. The highest BCUT2D eigenvalue weighted by Gasteiger charge is 2.24. The second kappa shape index (κ2) is 9.58. The topological polar surface area (TPSA) is 81.8 Å². The zero-order valence-electron chi connectivity index (χ0n) is 15.5. The lowest BCUT2D eigenvalue weighted by molar-refractivity contribution is -0.138. The summed E-state index contributed by atoms with van der Waals surface area (Å²) in [5.74, 6) is -0.949. The van der Waals surface area contributed by atoms with Crippen LogP contribution in [-0.2, 0) is 18.0 Å². The summed E-state index contributed by atoms with van der Waals surface area (Å²) >= 11 is 0. The van der Waals surface area contributed by atoms with Crippen LogP contribution in [0, 0.1) is 0 Å². The fourth-order valence-corrected chi connectivity index (χ4v) is 2.90. The molecule has 0 saturated carbocycles. The maximum absolute atomic E-state index is 11.7. The maximum atomic E-state index is 11.7. The van der Waals surface area contributed by atoms with E-state index in [0.717, 1.165) is 11.1 Å². The van der Waals surface area contributed by atoms with Crippen molar-refractivity contribution in [2.75, 3.05) is 6.54 Å². The lowest BCUT2D eigenvalue weighted by Crippen LogP contribution is -2.22. The van der Waals surface area contributed by atoms with Gasteiger partial charge >= 0.3 is 5.97 Å². The molecule has 0 radical (unpaired) electrons. The van der Waals surface area contributed by atoms with Crippen molar-refractivity contribution in [3.05, 3.63) is 95.6 Å². The quantitative estimate of drug-likeness (QED) is 0.590. The van der Waals surface area contributed by atoms with Crippen LogP contribution in [0.15, 0.2) is 78.9 Å². The Morgan fingerprint density at radius 3 is 1.93 bits per heavy atom. The van der Waals surface area contributed by atoms with E-state index in [1.165, 1.54) is 0 Å². The lowest BCUT2D eigenvalue weighted by atomic mass is 9.98. The predicted octanol–water partition coefficient (Wildman–Crippen LogP) is 3.97. The minimum Gasteiger partial charge on any atom is -0.485 e. The Morgan fingerprint density at radius 1 is 0.821 bits per heavy atom. The van der Waals surface area contributed by atoms with Crippen molar-refractivity contribution in [3.8, 4) is 11.5 Å². The van der Waals surface area contributed by atoms with Crippen molar-refractivity contribution >= 4 is 5.97 Å². The monoisotopic (exact) mass is 377 g/mol. The number of para-hydroxylation sites is 1. The zero-order valence-corrected chi connectivity index (χ0v) is 15.5. The molecule has 0 spiro atoms. The van der Waals surface area contributed by atoms with Gasteiger partial charge in [-0.25, -0.2) is 0 Å². The van der Waals surface area contributed by atoms with Gasteiger partial charge in [-0.15, -0.1) is 0 Å². The number of carboxylic acid groups (broad SMARTS) is 1. The second-order valence-corrected chi connectivity index (χ2v) is 6.35. The number of rotatable bonds is 9. The molecule has 0 bridgehead atoms. The Kier molecular flexibility index (Phi) is 6.65. The molecule has 0 saturated heterocycles. The van der Waals surface area contributed by atoms with E-state index < -0.39 is 11.9 Å². The van der Waals surface area contributed by atoms with E-state index in [2.05, 4.69) is 0 Å². The molecule has 5 heteroatoms. The van der Waals surface area contributed by atoms with Gasteiger partial charge in [0.05, 0.1) is 5.92 Å². The number of hydrogen-bond acceptors (Lipinski definition) is 4. The molecule has 28 heavy (non-hydrogen) atoms. The molecular formula is C23H23NO4. The summed E-state index contributed by atoms with van der Waals surface area (Å²) in [5, 5.41) is 9.56. The lowest BCUT2D eigenvalue weighted by Gasteiger charge is -2.19. The molecule has 0 aliphatic rings. The van der Waals surface area contributed by atoms with Crippen molar-refractivity contribution in [1.29, 1.82) is 0 Å². The molecule has 5 nitrogen and oxygen atoms in total. The van der Waals surface area contributed by atoms with Crippen LogP contribution in [0.1, 0.15) is 22.6 Å². The summed E-state index contributed by atoms with van der Waals surface area (Å²) in [7, 11) is 0. The van der Waals surface area contributed by atoms with Gasteiger partial charge in [0, 0.05) is 12.1 Å². The minimum atomic E-state index is -0.993. The van der Waals surface area contributed by atoms with Crippen LogP contribution >= 0.6 is 0 Å². The van der Waals surface area contributed by atoms with Gasteiger partial charge in [-0.05, 0) is 17.2 Å². The van der Waals surface area contributed by atoms with Crippen molar-refractivity contribution in [2.24, 2.45) is 5.73 Å². The summed E-state index contributed by atoms with van der Waals surface area (Å²) in [6.45, 7) is 0.627. The van der Waals surface area contributed by atoms with E-state index in [0.29, 0.717) is 30.3 Å². The molecule has 3 rings (SSSR count). The van der Waals surface area contributed by atoms with Crippen LogP contribution < -0.4 is 15.2 Å². The van der Waals surface area contributed by atoms with E-state index in [4.69, 9.17) is 15.2 Å². The molecule has 0 aliphatic heterocycles.